The number of benzene rings is 3. The summed E-state index contributed by atoms with van der Waals surface area (Å²) in [4.78, 5) is 0. The van der Waals surface area contributed by atoms with Gasteiger partial charge in [0.2, 0.25) is 0 Å². The lowest BCUT2D eigenvalue weighted by atomic mass is 9.96. The monoisotopic (exact) mass is 422 g/mol. The van der Waals surface area contributed by atoms with Gasteiger partial charge in [0, 0.05) is 11.4 Å². The van der Waals surface area contributed by atoms with Gasteiger partial charge in [-0.15, -0.1) is 5.10 Å². The SMILES string of the molecule is C=c1cccc(-n2nnc3ccccc32)/c1=C/NC(Cc1ccccc1)/C(=C/CC)CC. The van der Waals surface area contributed by atoms with Gasteiger partial charge in [0.1, 0.15) is 5.52 Å². The summed E-state index contributed by atoms with van der Waals surface area (Å²) < 4.78 is 1.90. The van der Waals surface area contributed by atoms with Crippen molar-refractivity contribution < 1.29 is 0 Å². The summed E-state index contributed by atoms with van der Waals surface area (Å²) in [6.07, 6.45) is 7.41. The number of nitrogens with zero attached hydrogens (tertiary/aromatic N) is 3. The molecule has 0 aliphatic rings. The predicted octanol–water partition coefficient (Wildman–Crippen LogP) is 4.52. The molecule has 0 bridgehead atoms. The van der Waals surface area contributed by atoms with Crippen LogP contribution in [0.4, 0.5) is 0 Å². The van der Waals surface area contributed by atoms with Crippen molar-refractivity contribution in [2.75, 3.05) is 0 Å². The average molecular weight is 423 g/mol. The van der Waals surface area contributed by atoms with Crippen LogP contribution in [0.5, 0.6) is 0 Å². The molecular formula is C28H30N4. The number of nitrogens with one attached hydrogen (secondary N) is 1. The fraction of sp³-hybridized carbons (Fsp3) is 0.214. The Morgan fingerprint density at radius 2 is 1.78 bits per heavy atom. The van der Waals surface area contributed by atoms with Crippen molar-refractivity contribution in [2.24, 2.45) is 0 Å². The number of fused-ring (bicyclic) bond motifs is 1. The van der Waals surface area contributed by atoms with Gasteiger partial charge in [-0.2, -0.15) is 0 Å². The van der Waals surface area contributed by atoms with Crippen molar-refractivity contribution in [1.82, 2.24) is 20.3 Å². The summed E-state index contributed by atoms with van der Waals surface area (Å²) in [6.45, 7) is 8.71. The molecule has 4 heteroatoms. The van der Waals surface area contributed by atoms with Gasteiger partial charge in [-0.25, -0.2) is 4.68 Å². The second-order valence-electron chi connectivity index (χ2n) is 7.93. The van der Waals surface area contributed by atoms with Crippen molar-refractivity contribution in [3.63, 3.8) is 0 Å². The van der Waals surface area contributed by atoms with E-state index in [-0.39, 0.29) is 6.04 Å². The summed E-state index contributed by atoms with van der Waals surface area (Å²) in [6, 6.07) is 25.0. The van der Waals surface area contributed by atoms with Crippen LogP contribution in [0.2, 0.25) is 0 Å². The third-order valence-electron chi connectivity index (χ3n) is 5.79. The maximum atomic E-state index is 4.42. The van der Waals surface area contributed by atoms with Crippen LogP contribution in [-0.4, -0.2) is 21.0 Å². The Morgan fingerprint density at radius 1 is 1.00 bits per heavy atom. The molecule has 162 valence electrons. The summed E-state index contributed by atoms with van der Waals surface area (Å²) in [7, 11) is 0. The van der Waals surface area contributed by atoms with Gasteiger partial charge in [-0.1, -0.05) is 91.9 Å². The highest BCUT2D eigenvalue weighted by atomic mass is 15.4. The van der Waals surface area contributed by atoms with Gasteiger partial charge in [0.15, 0.2) is 0 Å². The fourth-order valence-corrected chi connectivity index (χ4v) is 4.12. The molecule has 1 N–H and O–H groups in total. The number of allylic oxidation sites excluding steroid dienone is 1. The standard InChI is InChI=1S/C28H30N4/c1-4-12-23(5-2)26(19-22-14-7-6-8-15-22)29-20-24-21(3)13-11-18-27(24)32-28-17-10-9-16-25(28)30-31-32/h6-18,20,26,29H,3-5,19H2,1-2H3/b23-12+,24-20+. The highest BCUT2D eigenvalue weighted by Gasteiger charge is 2.13. The lowest BCUT2D eigenvalue weighted by Gasteiger charge is -2.21. The normalized spacial score (nSPS) is 13.4. The number of aromatic nitrogens is 3. The van der Waals surface area contributed by atoms with Crippen LogP contribution in [-0.2, 0) is 6.42 Å². The summed E-state index contributed by atoms with van der Waals surface area (Å²) in [5.74, 6) is 0. The minimum absolute atomic E-state index is 0.210. The zero-order valence-corrected chi connectivity index (χ0v) is 18.8. The summed E-state index contributed by atoms with van der Waals surface area (Å²) >= 11 is 0. The Balaban J connectivity index is 1.76. The Morgan fingerprint density at radius 3 is 2.56 bits per heavy atom. The first-order valence-electron chi connectivity index (χ1n) is 11.3. The highest BCUT2D eigenvalue weighted by molar-refractivity contribution is 5.76. The van der Waals surface area contributed by atoms with Crippen LogP contribution in [0.25, 0.3) is 29.5 Å². The number of hydrogen-bond acceptors (Lipinski definition) is 3. The molecule has 0 fully saturated rings. The van der Waals surface area contributed by atoms with E-state index in [0.717, 1.165) is 46.4 Å². The van der Waals surface area contributed by atoms with E-state index >= 15 is 0 Å². The fourth-order valence-electron chi connectivity index (χ4n) is 4.12. The zero-order chi connectivity index (χ0) is 22.3. The Hall–Kier alpha value is -3.66. The molecular weight excluding hydrogens is 392 g/mol. The van der Waals surface area contributed by atoms with Crippen LogP contribution in [0, 0.1) is 0 Å². The molecule has 0 aliphatic heterocycles. The van der Waals surface area contributed by atoms with Gasteiger partial charge in [0.05, 0.1) is 17.2 Å². The smallest absolute Gasteiger partial charge is 0.113 e. The number of rotatable bonds is 8. The molecule has 1 aromatic heterocycles. The highest BCUT2D eigenvalue weighted by Crippen LogP contribution is 2.15. The first kappa shape index (κ1) is 21.6. The Labute approximate surface area is 189 Å². The molecule has 1 atom stereocenters. The zero-order valence-electron chi connectivity index (χ0n) is 18.8. The van der Waals surface area contributed by atoms with Gasteiger partial charge in [-0.3, -0.25) is 0 Å². The van der Waals surface area contributed by atoms with E-state index in [1.165, 1.54) is 11.1 Å². The van der Waals surface area contributed by atoms with Gasteiger partial charge < -0.3 is 5.32 Å². The summed E-state index contributed by atoms with van der Waals surface area (Å²) in [5, 5.41) is 14.4. The third-order valence-corrected chi connectivity index (χ3v) is 5.79. The van der Waals surface area contributed by atoms with Gasteiger partial charge in [-0.05, 0) is 48.2 Å². The quantitative estimate of drug-likeness (QED) is 0.425. The topological polar surface area (TPSA) is 42.7 Å². The third kappa shape index (κ3) is 4.65. The minimum Gasteiger partial charge on any atom is -0.384 e. The molecule has 0 radical (unpaired) electrons. The maximum Gasteiger partial charge on any atom is 0.113 e. The molecule has 0 aliphatic carbocycles. The largest absolute Gasteiger partial charge is 0.384 e. The lowest BCUT2D eigenvalue weighted by molar-refractivity contribution is 0.657. The average Bonchev–Trinajstić information content (AvgIpc) is 3.25. The molecule has 0 amide bonds. The van der Waals surface area contributed by atoms with Crippen LogP contribution < -0.4 is 15.8 Å². The predicted molar refractivity (Wildman–Crippen MR) is 134 cm³/mol. The number of para-hydroxylation sites is 1. The number of hydrogen-bond donors (Lipinski definition) is 1. The van der Waals surface area contributed by atoms with E-state index in [0.29, 0.717) is 0 Å². The molecule has 0 spiro atoms. The molecule has 0 saturated heterocycles. The molecule has 1 unspecified atom stereocenters. The van der Waals surface area contributed by atoms with Crippen LogP contribution >= 0.6 is 0 Å². The van der Waals surface area contributed by atoms with Crippen LogP contribution in [0.3, 0.4) is 0 Å². The van der Waals surface area contributed by atoms with Crippen molar-refractivity contribution in [3.05, 3.63) is 100 Å². The summed E-state index contributed by atoms with van der Waals surface area (Å²) in [5.41, 5.74) is 5.56. The second kappa shape index (κ2) is 10.1. The van der Waals surface area contributed by atoms with Crippen molar-refractivity contribution >= 4 is 23.8 Å². The first-order chi connectivity index (χ1) is 15.7. The molecule has 4 rings (SSSR count). The van der Waals surface area contributed by atoms with Gasteiger partial charge >= 0.3 is 0 Å². The van der Waals surface area contributed by atoms with E-state index in [1.807, 2.05) is 41.1 Å². The molecule has 32 heavy (non-hydrogen) atoms. The van der Waals surface area contributed by atoms with E-state index < -0.39 is 0 Å². The molecule has 0 saturated carbocycles. The molecule has 4 nitrogen and oxygen atoms in total. The maximum absolute atomic E-state index is 4.42. The van der Waals surface area contributed by atoms with Crippen LogP contribution in [0.1, 0.15) is 32.3 Å². The molecule has 1 heterocycles. The van der Waals surface area contributed by atoms with E-state index in [4.69, 9.17) is 0 Å². The lowest BCUT2D eigenvalue weighted by Crippen LogP contribution is -2.35. The molecule has 4 aromatic rings. The van der Waals surface area contributed by atoms with Gasteiger partial charge in [0.25, 0.3) is 0 Å². The van der Waals surface area contributed by atoms with Crippen LogP contribution in [0.15, 0.2) is 84.4 Å². The Kier molecular flexibility index (Phi) is 6.81. The first-order valence-corrected chi connectivity index (χ1v) is 11.3. The Bertz CT molecular complexity index is 1320. The van der Waals surface area contributed by atoms with E-state index in [9.17, 15) is 0 Å². The van der Waals surface area contributed by atoms with Crippen molar-refractivity contribution in [2.45, 2.75) is 39.2 Å². The second-order valence-corrected chi connectivity index (χ2v) is 7.93. The van der Waals surface area contributed by atoms with E-state index in [1.54, 1.807) is 0 Å². The van der Waals surface area contributed by atoms with E-state index in [2.05, 4.69) is 84.7 Å². The van der Waals surface area contributed by atoms with Crippen molar-refractivity contribution in [3.8, 4) is 5.69 Å². The minimum atomic E-state index is 0.210. The molecule has 3 aromatic carbocycles. The van der Waals surface area contributed by atoms with Crippen molar-refractivity contribution in [1.29, 1.82) is 0 Å².